The molecule has 0 saturated carbocycles. The molecular formula is C14H20N4O4S. The van der Waals surface area contributed by atoms with E-state index < -0.39 is 24.5 Å². The van der Waals surface area contributed by atoms with Crippen molar-refractivity contribution in [1.29, 1.82) is 0 Å². The second kappa shape index (κ2) is 6.23. The van der Waals surface area contributed by atoms with Crippen molar-refractivity contribution in [1.82, 2.24) is 19.5 Å². The highest BCUT2D eigenvalue weighted by atomic mass is 32.1. The van der Waals surface area contributed by atoms with Gasteiger partial charge >= 0.3 is 0 Å². The van der Waals surface area contributed by atoms with E-state index in [0.29, 0.717) is 11.6 Å². The molecule has 1 aliphatic heterocycles. The highest BCUT2D eigenvalue weighted by Crippen LogP contribution is 2.35. The van der Waals surface area contributed by atoms with Crippen LogP contribution in [0.4, 0.5) is 0 Å². The number of aromatic amines is 1. The number of ether oxygens (including phenoxy) is 1. The first-order valence-electron chi connectivity index (χ1n) is 7.50. The second-order valence-corrected chi connectivity index (χ2v) is 6.89. The number of aliphatic hydroxyl groups is 2. The van der Waals surface area contributed by atoms with Gasteiger partial charge in [-0.2, -0.15) is 12.6 Å². The molecule has 9 heteroatoms. The third-order valence-corrected chi connectivity index (χ3v) is 4.51. The maximum absolute atomic E-state index is 11.7. The summed E-state index contributed by atoms with van der Waals surface area (Å²) in [5, 5.41) is 20.4. The quantitative estimate of drug-likeness (QED) is 0.587. The Morgan fingerprint density at radius 3 is 2.83 bits per heavy atom. The Morgan fingerprint density at radius 1 is 1.39 bits per heavy atom. The lowest BCUT2D eigenvalue weighted by Crippen LogP contribution is -2.36. The van der Waals surface area contributed by atoms with Crippen LogP contribution in [0.25, 0.3) is 11.2 Å². The maximum Gasteiger partial charge on any atom is 0.278 e. The highest BCUT2D eigenvalue weighted by molar-refractivity contribution is 7.81. The molecular weight excluding hydrogens is 320 g/mol. The number of nitrogens with zero attached hydrogens (tertiary/aromatic N) is 3. The fourth-order valence-corrected chi connectivity index (χ4v) is 3.57. The lowest BCUT2D eigenvalue weighted by atomic mass is 10.00. The van der Waals surface area contributed by atoms with Crippen molar-refractivity contribution in [2.45, 2.75) is 50.1 Å². The largest absolute Gasteiger partial charge is 0.387 e. The van der Waals surface area contributed by atoms with Gasteiger partial charge in [0, 0.05) is 5.25 Å². The van der Waals surface area contributed by atoms with E-state index in [9.17, 15) is 15.0 Å². The number of thiol groups is 1. The zero-order valence-corrected chi connectivity index (χ0v) is 13.7. The van der Waals surface area contributed by atoms with E-state index in [0.717, 1.165) is 6.42 Å². The van der Waals surface area contributed by atoms with Gasteiger partial charge in [-0.25, -0.2) is 9.97 Å². The number of hydrogen-bond donors (Lipinski definition) is 4. The van der Waals surface area contributed by atoms with Crippen molar-refractivity contribution in [3.05, 3.63) is 23.0 Å². The topological polar surface area (TPSA) is 113 Å². The lowest BCUT2D eigenvalue weighted by molar-refractivity contribution is -0.0360. The van der Waals surface area contributed by atoms with Crippen LogP contribution < -0.4 is 5.56 Å². The first-order chi connectivity index (χ1) is 10.9. The number of rotatable bonds is 4. The number of hydrogen-bond acceptors (Lipinski definition) is 7. The highest BCUT2D eigenvalue weighted by Gasteiger charge is 2.46. The summed E-state index contributed by atoms with van der Waals surface area (Å²) in [5.74, 6) is 0.388. The van der Waals surface area contributed by atoms with Crippen molar-refractivity contribution < 1.29 is 14.9 Å². The molecule has 126 valence electrons. The molecule has 2 aromatic heterocycles. The number of H-pyrrole nitrogens is 1. The first-order valence-corrected chi connectivity index (χ1v) is 8.01. The minimum absolute atomic E-state index is 0.158. The van der Waals surface area contributed by atoms with Crippen LogP contribution >= 0.6 is 12.6 Å². The van der Waals surface area contributed by atoms with Crippen LogP contribution in [0.2, 0.25) is 0 Å². The summed E-state index contributed by atoms with van der Waals surface area (Å²) in [6.07, 6.45) is -0.311. The zero-order chi connectivity index (χ0) is 16.7. The fraction of sp³-hybridized carbons (Fsp3) is 0.643. The third-order valence-electron chi connectivity index (χ3n) is 4.01. The molecule has 0 radical (unpaired) electrons. The van der Waals surface area contributed by atoms with Gasteiger partial charge in [0.25, 0.3) is 5.56 Å². The van der Waals surface area contributed by atoms with Gasteiger partial charge in [0.15, 0.2) is 17.4 Å². The Morgan fingerprint density at radius 2 is 2.13 bits per heavy atom. The van der Waals surface area contributed by atoms with Gasteiger partial charge in [-0.05, 0) is 12.3 Å². The fourth-order valence-electron chi connectivity index (χ4n) is 2.90. The number of imidazole rings is 1. The molecule has 0 aliphatic carbocycles. The first kappa shape index (κ1) is 16.4. The standard InChI is InChI=1S/C14H20N4O4S/c1-6(2)3-7(23)11-9(19)10(20)14(22-11)18-5-17-8-12(18)15-4-16-13(8)21/h4-7,9-11,14,19-20,23H,3H2,1-2H3,(H,15,16,21)/t7?,9-,10+,11+,14+/m0/s1. The van der Waals surface area contributed by atoms with Crippen LogP contribution in [0.15, 0.2) is 17.4 Å². The molecule has 3 rings (SSSR count). The summed E-state index contributed by atoms with van der Waals surface area (Å²) >= 11 is 4.50. The van der Waals surface area contributed by atoms with Crippen molar-refractivity contribution in [2.24, 2.45) is 5.92 Å². The molecule has 0 aromatic carbocycles. The zero-order valence-electron chi connectivity index (χ0n) is 12.8. The number of fused-ring (bicyclic) bond motifs is 1. The molecule has 3 N–H and O–H groups in total. The summed E-state index contributed by atoms with van der Waals surface area (Å²) in [5.41, 5.74) is 0.0845. The molecule has 0 spiro atoms. The number of nitrogens with one attached hydrogen (secondary N) is 1. The van der Waals surface area contributed by atoms with Crippen molar-refractivity contribution >= 4 is 23.8 Å². The van der Waals surface area contributed by atoms with Crippen LogP contribution in [0.3, 0.4) is 0 Å². The Kier molecular flexibility index (Phi) is 4.45. The molecule has 23 heavy (non-hydrogen) atoms. The summed E-state index contributed by atoms with van der Waals surface area (Å²) in [6.45, 7) is 4.11. The van der Waals surface area contributed by atoms with Gasteiger partial charge in [0.1, 0.15) is 18.3 Å². The summed E-state index contributed by atoms with van der Waals surface area (Å²) in [6, 6.07) is 0. The van der Waals surface area contributed by atoms with Crippen LogP contribution in [0.5, 0.6) is 0 Å². The molecule has 8 nitrogen and oxygen atoms in total. The Balaban J connectivity index is 1.91. The molecule has 0 bridgehead atoms. The maximum atomic E-state index is 11.7. The predicted octanol–water partition coefficient (Wildman–Crippen LogP) is 0.0833. The molecule has 3 heterocycles. The van der Waals surface area contributed by atoms with Gasteiger partial charge in [0.2, 0.25) is 0 Å². The summed E-state index contributed by atoms with van der Waals surface area (Å²) in [7, 11) is 0. The van der Waals surface area contributed by atoms with Crippen molar-refractivity contribution in [2.75, 3.05) is 0 Å². The van der Waals surface area contributed by atoms with Crippen LogP contribution in [0.1, 0.15) is 26.5 Å². The van der Waals surface area contributed by atoms with Gasteiger partial charge in [-0.3, -0.25) is 9.36 Å². The van der Waals surface area contributed by atoms with E-state index >= 15 is 0 Å². The Bertz CT molecular complexity index is 746. The molecule has 1 fully saturated rings. The number of aliphatic hydroxyl groups excluding tert-OH is 2. The minimum atomic E-state index is -1.15. The molecule has 0 amide bonds. The van der Waals surface area contributed by atoms with E-state index in [4.69, 9.17) is 4.74 Å². The monoisotopic (exact) mass is 340 g/mol. The lowest BCUT2D eigenvalue weighted by Gasteiger charge is -2.22. The summed E-state index contributed by atoms with van der Waals surface area (Å²) in [4.78, 5) is 22.2. The summed E-state index contributed by atoms with van der Waals surface area (Å²) < 4.78 is 7.30. The molecule has 1 unspecified atom stereocenters. The van der Waals surface area contributed by atoms with Gasteiger partial charge < -0.3 is 19.9 Å². The van der Waals surface area contributed by atoms with E-state index in [1.807, 2.05) is 0 Å². The van der Waals surface area contributed by atoms with Crippen molar-refractivity contribution in [3.8, 4) is 0 Å². The normalized spacial score (nSPS) is 29.5. The Hall–Kier alpha value is -1.42. The van der Waals surface area contributed by atoms with E-state index in [-0.39, 0.29) is 16.3 Å². The smallest absolute Gasteiger partial charge is 0.278 e. The molecule has 5 atom stereocenters. The average Bonchev–Trinajstić information content (AvgIpc) is 3.02. The van der Waals surface area contributed by atoms with E-state index in [1.165, 1.54) is 17.2 Å². The average molecular weight is 340 g/mol. The Labute approximate surface area is 137 Å². The van der Waals surface area contributed by atoms with E-state index in [2.05, 4.69) is 41.4 Å². The van der Waals surface area contributed by atoms with Gasteiger partial charge in [-0.1, -0.05) is 13.8 Å². The van der Waals surface area contributed by atoms with Crippen LogP contribution in [-0.4, -0.2) is 53.3 Å². The molecule has 1 aliphatic rings. The van der Waals surface area contributed by atoms with Crippen molar-refractivity contribution in [3.63, 3.8) is 0 Å². The van der Waals surface area contributed by atoms with E-state index in [1.54, 1.807) is 0 Å². The van der Waals surface area contributed by atoms with Gasteiger partial charge in [-0.15, -0.1) is 0 Å². The predicted molar refractivity (Wildman–Crippen MR) is 86.3 cm³/mol. The van der Waals surface area contributed by atoms with Crippen LogP contribution in [0, 0.1) is 5.92 Å². The molecule has 2 aromatic rings. The van der Waals surface area contributed by atoms with Crippen LogP contribution in [-0.2, 0) is 4.74 Å². The second-order valence-electron chi connectivity index (χ2n) is 6.23. The number of aromatic nitrogens is 4. The minimum Gasteiger partial charge on any atom is -0.387 e. The molecule has 1 saturated heterocycles. The van der Waals surface area contributed by atoms with Gasteiger partial charge in [0.05, 0.1) is 12.7 Å². The SMILES string of the molecule is CC(C)CC(S)[C@H]1O[C@@H](n2cnc3c(=O)[nH]cnc32)[C@H](O)[C@@H]1O. The third kappa shape index (κ3) is 2.89.